The van der Waals surface area contributed by atoms with Gasteiger partial charge >= 0.3 is 6.18 Å². The molecule has 2 aromatic carbocycles. The van der Waals surface area contributed by atoms with Crippen LogP contribution in [0.3, 0.4) is 0 Å². The molecular weight excluding hydrogens is 443 g/mol. The molecule has 0 spiro atoms. The van der Waals surface area contributed by atoms with Gasteiger partial charge in [0.15, 0.2) is 0 Å². The number of halogens is 5. The van der Waals surface area contributed by atoms with E-state index < -0.39 is 30.5 Å². The Bertz CT molecular complexity index is 1120. The van der Waals surface area contributed by atoms with Gasteiger partial charge < -0.3 is 15.2 Å². The Morgan fingerprint density at radius 3 is 2.27 bits per heavy atom. The molecular formula is C19H16ClF4N4OP. The van der Waals surface area contributed by atoms with Crippen molar-refractivity contribution in [2.75, 3.05) is 24.0 Å². The van der Waals surface area contributed by atoms with Crippen LogP contribution in [0.5, 0.6) is 0 Å². The lowest BCUT2D eigenvalue weighted by atomic mass is 10.2. The number of rotatable bonds is 5. The maximum Gasteiger partial charge on any atom is 0.421 e. The molecule has 0 fully saturated rings. The van der Waals surface area contributed by atoms with E-state index in [2.05, 4.69) is 20.6 Å². The second-order valence-electron chi connectivity index (χ2n) is 6.73. The third kappa shape index (κ3) is 5.29. The second-order valence-corrected chi connectivity index (χ2v) is 10.4. The van der Waals surface area contributed by atoms with Gasteiger partial charge in [-0.05, 0) is 55.8 Å². The van der Waals surface area contributed by atoms with Gasteiger partial charge in [0.25, 0.3) is 0 Å². The van der Waals surface area contributed by atoms with Gasteiger partial charge in [-0.15, -0.1) is 0 Å². The monoisotopic (exact) mass is 458 g/mol. The van der Waals surface area contributed by atoms with E-state index in [1.165, 1.54) is 6.07 Å². The number of nitrogens with one attached hydrogen (secondary N) is 2. The predicted molar refractivity (Wildman–Crippen MR) is 111 cm³/mol. The molecule has 11 heteroatoms. The summed E-state index contributed by atoms with van der Waals surface area (Å²) in [4.78, 5) is 7.62. The van der Waals surface area contributed by atoms with E-state index in [9.17, 15) is 22.1 Å². The van der Waals surface area contributed by atoms with Gasteiger partial charge in [0, 0.05) is 17.2 Å². The highest BCUT2D eigenvalue weighted by molar-refractivity contribution is 7.70. The van der Waals surface area contributed by atoms with E-state index in [1.54, 1.807) is 37.6 Å². The normalized spacial score (nSPS) is 12.0. The van der Waals surface area contributed by atoms with Gasteiger partial charge in [-0.2, -0.15) is 18.2 Å². The van der Waals surface area contributed by atoms with Crippen molar-refractivity contribution in [1.82, 2.24) is 9.97 Å². The Labute approximate surface area is 174 Å². The summed E-state index contributed by atoms with van der Waals surface area (Å²) in [5.41, 5.74) is -0.557. The zero-order valence-corrected chi connectivity index (χ0v) is 17.4. The van der Waals surface area contributed by atoms with Gasteiger partial charge in [-0.25, -0.2) is 9.37 Å². The van der Waals surface area contributed by atoms with E-state index >= 15 is 0 Å². The van der Waals surface area contributed by atoms with Crippen molar-refractivity contribution in [3.05, 3.63) is 65.1 Å². The molecule has 158 valence electrons. The molecule has 3 rings (SSSR count). The third-order valence-corrected chi connectivity index (χ3v) is 5.88. The zero-order valence-electron chi connectivity index (χ0n) is 15.8. The van der Waals surface area contributed by atoms with Crippen LogP contribution in [0.25, 0.3) is 0 Å². The SMILES string of the molecule is CP(C)(=O)c1ccc(Nc2ncc(C(F)(F)F)c(Nc3ccc(F)cc3Cl)n2)cc1. The highest BCUT2D eigenvalue weighted by Crippen LogP contribution is 2.37. The molecule has 0 aliphatic carbocycles. The molecule has 2 N–H and O–H groups in total. The zero-order chi connectivity index (χ0) is 22.1. The van der Waals surface area contributed by atoms with Gasteiger partial charge in [0.2, 0.25) is 5.95 Å². The minimum absolute atomic E-state index is 0.0548. The summed E-state index contributed by atoms with van der Waals surface area (Å²) in [5.74, 6) is -1.27. The Morgan fingerprint density at radius 1 is 1.03 bits per heavy atom. The van der Waals surface area contributed by atoms with Crippen LogP contribution in [0.2, 0.25) is 5.02 Å². The molecule has 0 aliphatic heterocycles. The smallest absolute Gasteiger partial charge is 0.338 e. The molecule has 0 unspecified atom stereocenters. The lowest BCUT2D eigenvalue weighted by Gasteiger charge is -2.16. The fraction of sp³-hybridized carbons (Fsp3) is 0.158. The maximum atomic E-state index is 13.4. The van der Waals surface area contributed by atoms with Crippen molar-refractivity contribution < 1.29 is 22.1 Å². The van der Waals surface area contributed by atoms with Gasteiger partial charge in [-0.1, -0.05) is 11.6 Å². The summed E-state index contributed by atoms with van der Waals surface area (Å²) < 4.78 is 65.4. The molecule has 0 amide bonds. The van der Waals surface area contributed by atoms with E-state index in [0.717, 1.165) is 12.1 Å². The van der Waals surface area contributed by atoms with Crippen LogP contribution in [0.15, 0.2) is 48.7 Å². The number of hydrogen-bond acceptors (Lipinski definition) is 5. The van der Waals surface area contributed by atoms with E-state index in [0.29, 0.717) is 17.2 Å². The first kappa shape index (κ1) is 22.1. The van der Waals surface area contributed by atoms with Crippen molar-refractivity contribution >= 4 is 47.2 Å². The fourth-order valence-electron chi connectivity index (χ4n) is 2.50. The molecule has 3 aromatic rings. The molecule has 1 heterocycles. The van der Waals surface area contributed by atoms with Crippen LogP contribution < -0.4 is 15.9 Å². The predicted octanol–water partition coefficient (Wildman–Crippen LogP) is 6.02. The highest BCUT2D eigenvalue weighted by Gasteiger charge is 2.35. The molecule has 0 atom stereocenters. The van der Waals surface area contributed by atoms with Crippen molar-refractivity contribution in [2.24, 2.45) is 0 Å². The van der Waals surface area contributed by atoms with Crippen LogP contribution in [0, 0.1) is 5.82 Å². The summed E-state index contributed by atoms with van der Waals surface area (Å²) >= 11 is 5.90. The number of nitrogens with zero attached hydrogens (tertiary/aromatic N) is 2. The first-order valence-electron chi connectivity index (χ1n) is 8.52. The summed E-state index contributed by atoms with van der Waals surface area (Å²) in [6.45, 7) is 3.26. The number of hydrogen-bond donors (Lipinski definition) is 2. The Morgan fingerprint density at radius 2 is 1.70 bits per heavy atom. The largest absolute Gasteiger partial charge is 0.421 e. The molecule has 0 bridgehead atoms. The quantitative estimate of drug-likeness (QED) is 0.361. The molecule has 30 heavy (non-hydrogen) atoms. The lowest BCUT2D eigenvalue weighted by molar-refractivity contribution is -0.137. The standard InChI is InChI=1S/C19H16ClF4N4OP/c1-30(2,29)13-6-4-12(5-7-13)26-18-25-10-14(19(22,23)24)17(28-18)27-16-8-3-11(21)9-15(16)20/h3-10H,1-2H3,(H2,25,26,27,28). The fourth-order valence-corrected chi connectivity index (χ4v) is 3.58. The first-order valence-corrected chi connectivity index (χ1v) is 11.5. The summed E-state index contributed by atoms with van der Waals surface area (Å²) in [6.07, 6.45) is -4.09. The van der Waals surface area contributed by atoms with Crippen LogP contribution in [0.1, 0.15) is 5.56 Å². The Balaban J connectivity index is 1.93. The molecule has 0 radical (unpaired) electrons. The molecule has 0 saturated carbocycles. The summed E-state index contributed by atoms with van der Waals surface area (Å²) in [5, 5.41) is 5.84. The van der Waals surface area contributed by atoms with Gasteiger partial charge in [-0.3, -0.25) is 0 Å². The van der Waals surface area contributed by atoms with Crippen LogP contribution in [0.4, 0.5) is 40.7 Å². The second kappa shape index (κ2) is 8.24. The number of benzene rings is 2. The van der Waals surface area contributed by atoms with Gasteiger partial charge in [0.05, 0.1) is 10.7 Å². The van der Waals surface area contributed by atoms with E-state index in [-0.39, 0.29) is 16.7 Å². The lowest BCUT2D eigenvalue weighted by Crippen LogP contribution is -2.13. The molecule has 1 aromatic heterocycles. The molecule has 5 nitrogen and oxygen atoms in total. The molecule has 0 saturated heterocycles. The van der Waals surface area contributed by atoms with Crippen molar-refractivity contribution in [3.8, 4) is 0 Å². The summed E-state index contributed by atoms with van der Waals surface area (Å²) in [7, 11) is -2.43. The van der Waals surface area contributed by atoms with E-state index in [4.69, 9.17) is 11.6 Å². The average molecular weight is 459 g/mol. The van der Waals surface area contributed by atoms with Crippen molar-refractivity contribution in [2.45, 2.75) is 6.18 Å². The van der Waals surface area contributed by atoms with Crippen molar-refractivity contribution in [1.29, 1.82) is 0 Å². The van der Waals surface area contributed by atoms with Gasteiger partial charge in [0.1, 0.15) is 24.3 Å². The summed E-state index contributed by atoms with van der Waals surface area (Å²) in [6, 6.07) is 9.80. The van der Waals surface area contributed by atoms with Crippen molar-refractivity contribution in [3.63, 3.8) is 0 Å². The minimum Gasteiger partial charge on any atom is -0.338 e. The molecule has 0 aliphatic rings. The van der Waals surface area contributed by atoms with Crippen LogP contribution >= 0.6 is 18.7 Å². The highest BCUT2D eigenvalue weighted by atomic mass is 35.5. The Hall–Kier alpha value is -2.64. The Kier molecular flexibility index (Phi) is 6.06. The minimum atomic E-state index is -4.72. The number of aromatic nitrogens is 2. The maximum absolute atomic E-state index is 13.4. The van der Waals surface area contributed by atoms with Crippen LogP contribution in [-0.2, 0) is 10.7 Å². The topological polar surface area (TPSA) is 66.9 Å². The van der Waals surface area contributed by atoms with E-state index in [1.807, 2.05) is 0 Å². The number of alkyl halides is 3. The first-order chi connectivity index (χ1) is 13.9. The third-order valence-electron chi connectivity index (χ3n) is 4.02. The van der Waals surface area contributed by atoms with Crippen LogP contribution in [-0.4, -0.2) is 23.3 Å². The number of anilines is 4. The average Bonchev–Trinajstić information content (AvgIpc) is 2.63.